The van der Waals surface area contributed by atoms with Gasteiger partial charge in [-0.15, -0.1) is 0 Å². The van der Waals surface area contributed by atoms with Crippen LogP contribution in [0.5, 0.6) is 0 Å². The number of hydrogen-bond acceptors (Lipinski definition) is 3. The molecule has 0 aliphatic heterocycles. The molecule has 0 unspecified atom stereocenters. The van der Waals surface area contributed by atoms with Crippen molar-refractivity contribution in [1.82, 2.24) is 9.78 Å². The Morgan fingerprint density at radius 1 is 1.50 bits per heavy atom. The van der Waals surface area contributed by atoms with Crippen molar-refractivity contribution < 1.29 is 9.21 Å². The number of furan rings is 1. The van der Waals surface area contributed by atoms with Crippen LogP contribution in [0.2, 0.25) is 0 Å². The van der Waals surface area contributed by atoms with E-state index >= 15 is 0 Å². The van der Waals surface area contributed by atoms with Gasteiger partial charge in [0.05, 0.1) is 22.3 Å². The number of rotatable bonds is 4. The normalized spacial score (nSPS) is 10.9. The molecule has 0 saturated heterocycles. The molecule has 0 radical (unpaired) electrons. The minimum atomic E-state index is -0.0329. The Labute approximate surface area is 114 Å². The maximum Gasteiger partial charge on any atom is 0.203 e. The summed E-state index contributed by atoms with van der Waals surface area (Å²) in [6, 6.07) is 3.51. The zero-order valence-electron chi connectivity index (χ0n) is 10.7. The molecule has 2 aromatic rings. The molecule has 0 amide bonds. The molecule has 0 N–H and O–H groups in total. The third-order valence-corrected chi connectivity index (χ3v) is 3.76. The maximum atomic E-state index is 12.1. The molecular weight excluding hydrogens is 296 g/mol. The standard InChI is InChI=1S/C13H15BrN2O2/c1-4-9-13(14)10(16(3)15-9)7-11(17)12-6-5-8(2)18-12/h5-6H,4,7H2,1-3H3. The second kappa shape index (κ2) is 5.10. The van der Waals surface area contributed by atoms with Gasteiger partial charge in [-0.05, 0) is 41.4 Å². The van der Waals surface area contributed by atoms with Crippen molar-refractivity contribution in [2.75, 3.05) is 0 Å². The fourth-order valence-corrected chi connectivity index (χ4v) is 2.59. The largest absolute Gasteiger partial charge is 0.458 e. The van der Waals surface area contributed by atoms with Crippen LogP contribution in [0.15, 0.2) is 21.0 Å². The maximum absolute atomic E-state index is 12.1. The molecule has 18 heavy (non-hydrogen) atoms. The SMILES string of the molecule is CCc1nn(C)c(CC(=O)c2ccc(C)o2)c1Br. The molecule has 0 aromatic carbocycles. The van der Waals surface area contributed by atoms with Crippen molar-refractivity contribution in [1.29, 1.82) is 0 Å². The van der Waals surface area contributed by atoms with Crippen LogP contribution in [0.3, 0.4) is 0 Å². The zero-order chi connectivity index (χ0) is 13.3. The van der Waals surface area contributed by atoms with E-state index in [9.17, 15) is 4.79 Å². The predicted octanol–water partition coefficient (Wildman–Crippen LogP) is 3.07. The Morgan fingerprint density at radius 2 is 2.22 bits per heavy atom. The molecule has 0 saturated carbocycles. The van der Waals surface area contributed by atoms with Gasteiger partial charge in [0.1, 0.15) is 5.76 Å². The summed E-state index contributed by atoms with van der Waals surface area (Å²) in [6.45, 7) is 3.86. The Hall–Kier alpha value is -1.36. The second-order valence-corrected chi connectivity index (χ2v) is 4.99. The van der Waals surface area contributed by atoms with E-state index in [-0.39, 0.29) is 12.2 Å². The molecule has 0 bridgehead atoms. The molecule has 2 rings (SSSR count). The van der Waals surface area contributed by atoms with Crippen LogP contribution in [-0.4, -0.2) is 15.6 Å². The summed E-state index contributed by atoms with van der Waals surface area (Å²) in [4.78, 5) is 12.1. The molecule has 0 spiro atoms. The molecule has 2 aromatic heterocycles. The average molecular weight is 311 g/mol. The van der Waals surface area contributed by atoms with Crippen LogP contribution in [0.4, 0.5) is 0 Å². The monoisotopic (exact) mass is 310 g/mol. The van der Waals surface area contributed by atoms with Gasteiger partial charge in [-0.1, -0.05) is 6.92 Å². The molecule has 0 fully saturated rings. The van der Waals surface area contributed by atoms with Gasteiger partial charge in [0.2, 0.25) is 5.78 Å². The van der Waals surface area contributed by atoms with Crippen molar-refractivity contribution in [2.45, 2.75) is 26.7 Å². The molecule has 5 heteroatoms. The first-order chi connectivity index (χ1) is 8.52. The highest BCUT2D eigenvalue weighted by Crippen LogP contribution is 2.23. The molecule has 0 atom stereocenters. The van der Waals surface area contributed by atoms with Gasteiger partial charge < -0.3 is 4.42 Å². The van der Waals surface area contributed by atoms with Crippen LogP contribution in [-0.2, 0) is 19.9 Å². The smallest absolute Gasteiger partial charge is 0.203 e. The Morgan fingerprint density at radius 3 is 2.72 bits per heavy atom. The summed E-state index contributed by atoms with van der Waals surface area (Å²) in [5.41, 5.74) is 1.85. The molecule has 4 nitrogen and oxygen atoms in total. The lowest BCUT2D eigenvalue weighted by molar-refractivity contribution is 0.0962. The number of ketones is 1. The Balaban J connectivity index is 2.24. The average Bonchev–Trinajstić information content (AvgIpc) is 2.87. The third kappa shape index (κ3) is 2.41. The van der Waals surface area contributed by atoms with E-state index in [1.54, 1.807) is 16.8 Å². The first-order valence-corrected chi connectivity index (χ1v) is 6.62. The molecule has 96 valence electrons. The highest BCUT2D eigenvalue weighted by atomic mass is 79.9. The molecule has 2 heterocycles. The lowest BCUT2D eigenvalue weighted by Gasteiger charge is -2.00. The number of Topliss-reactive ketones (excluding diaryl/α,β-unsaturated/α-hetero) is 1. The number of hydrogen-bond donors (Lipinski definition) is 0. The van der Waals surface area contributed by atoms with Crippen LogP contribution >= 0.6 is 15.9 Å². The summed E-state index contributed by atoms with van der Waals surface area (Å²) in [7, 11) is 1.85. The Bertz CT molecular complexity index is 584. The number of aromatic nitrogens is 2. The van der Waals surface area contributed by atoms with Gasteiger partial charge in [-0.3, -0.25) is 9.48 Å². The summed E-state index contributed by atoms with van der Waals surface area (Å²) in [5, 5.41) is 4.37. The predicted molar refractivity (Wildman–Crippen MR) is 71.8 cm³/mol. The molecule has 0 aliphatic carbocycles. The van der Waals surface area contributed by atoms with Gasteiger partial charge >= 0.3 is 0 Å². The highest BCUT2D eigenvalue weighted by molar-refractivity contribution is 9.10. The topological polar surface area (TPSA) is 48.0 Å². The van der Waals surface area contributed by atoms with Gasteiger partial charge in [0.25, 0.3) is 0 Å². The summed E-state index contributed by atoms with van der Waals surface area (Å²) in [5.74, 6) is 1.12. The fourth-order valence-electron chi connectivity index (χ4n) is 1.84. The molecular formula is C13H15BrN2O2. The summed E-state index contributed by atoms with van der Waals surface area (Å²) < 4.78 is 8.00. The molecule has 0 aliphatic rings. The number of carbonyl (C=O) groups is 1. The van der Waals surface area contributed by atoms with Gasteiger partial charge in [0, 0.05) is 7.05 Å². The minimum absolute atomic E-state index is 0.0329. The first kappa shape index (κ1) is 13.1. The van der Waals surface area contributed by atoms with Crippen molar-refractivity contribution in [2.24, 2.45) is 7.05 Å². The van der Waals surface area contributed by atoms with E-state index in [1.807, 2.05) is 20.9 Å². The van der Waals surface area contributed by atoms with E-state index in [4.69, 9.17) is 4.42 Å². The second-order valence-electron chi connectivity index (χ2n) is 4.19. The van der Waals surface area contributed by atoms with E-state index in [0.29, 0.717) is 5.76 Å². The van der Waals surface area contributed by atoms with Crippen molar-refractivity contribution >= 4 is 21.7 Å². The lowest BCUT2D eigenvalue weighted by Crippen LogP contribution is -2.07. The quantitative estimate of drug-likeness (QED) is 0.815. The minimum Gasteiger partial charge on any atom is -0.458 e. The number of halogens is 1. The van der Waals surface area contributed by atoms with Gasteiger partial charge in [-0.25, -0.2) is 0 Å². The van der Waals surface area contributed by atoms with E-state index in [2.05, 4.69) is 21.0 Å². The number of aryl methyl sites for hydroxylation is 3. The van der Waals surface area contributed by atoms with E-state index < -0.39 is 0 Å². The van der Waals surface area contributed by atoms with Gasteiger partial charge in [-0.2, -0.15) is 5.10 Å². The Kier molecular flexibility index (Phi) is 3.71. The number of carbonyl (C=O) groups excluding carboxylic acids is 1. The van der Waals surface area contributed by atoms with Crippen molar-refractivity contribution in [3.63, 3.8) is 0 Å². The van der Waals surface area contributed by atoms with Crippen LogP contribution in [0.1, 0.15) is 34.6 Å². The summed E-state index contributed by atoms with van der Waals surface area (Å²) >= 11 is 3.50. The van der Waals surface area contributed by atoms with E-state index in [0.717, 1.165) is 28.0 Å². The van der Waals surface area contributed by atoms with Crippen LogP contribution in [0.25, 0.3) is 0 Å². The highest BCUT2D eigenvalue weighted by Gasteiger charge is 2.18. The van der Waals surface area contributed by atoms with E-state index in [1.165, 1.54) is 0 Å². The number of nitrogens with zero attached hydrogens (tertiary/aromatic N) is 2. The fraction of sp³-hybridized carbons (Fsp3) is 0.385. The third-order valence-electron chi connectivity index (χ3n) is 2.85. The zero-order valence-corrected chi connectivity index (χ0v) is 12.2. The van der Waals surface area contributed by atoms with Gasteiger partial charge in [0.15, 0.2) is 5.76 Å². The van der Waals surface area contributed by atoms with Crippen molar-refractivity contribution in [3.8, 4) is 0 Å². The van der Waals surface area contributed by atoms with Crippen molar-refractivity contribution in [3.05, 3.63) is 39.5 Å². The first-order valence-electron chi connectivity index (χ1n) is 5.82. The summed E-state index contributed by atoms with van der Waals surface area (Å²) in [6.07, 6.45) is 1.12. The lowest BCUT2D eigenvalue weighted by atomic mass is 10.1. The van der Waals surface area contributed by atoms with Crippen LogP contribution < -0.4 is 0 Å². The van der Waals surface area contributed by atoms with Crippen LogP contribution in [0, 0.1) is 6.92 Å².